The van der Waals surface area contributed by atoms with E-state index in [-0.39, 0.29) is 0 Å². The summed E-state index contributed by atoms with van der Waals surface area (Å²) in [6.45, 7) is 4.13. The molecule has 0 atom stereocenters. The van der Waals surface area contributed by atoms with Crippen molar-refractivity contribution in [3.05, 3.63) is 11.1 Å². The van der Waals surface area contributed by atoms with Crippen molar-refractivity contribution in [2.24, 2.45) is 7.05 Å². The highest BCUT2D eigenvalue weighted by Crippen LogP contribution is 2.22. The van der Waals surface area contributed by atoms with Crippen molar-refractivity contribution < 1.29 is 0 Å². The molecule has 1 fully saturated rings. The van der Waals surface area contributed by atoms with Gasteiger partial charge in [-0.3, -0.25) is 4.90 Å². The predicted molar refractivity (Wildman–Crippen MR) is 71.3 cm³/mol. The van der Waals surface area contributed by atoms with Gasteiger partial charge in [0.2, 0.25) is 0 Å². The quantitative estimate of drug-likeness (QED) is 0.772. The summed E-state index contributed by atoms with van der Waals surface area (Å²) in [6, 6.07) is 0.720. The Kier molecular flexibility index (Phi) is 4.34. The molecule has 0 radical (unpaired) electrons. The molecule has 5 heteroatoms. The zero-order chi connectivity index (χ0) is 12.3. The zero-order valence-electron chi connectivity index (χ0n) is 10.8. The van der Waals surface area contributed by atoms with Crippen LogP contribution in [-0.2, 0) is 13.7 Å². The molecule has 1 aromatic heterocycles. The normalized spacial score (nSPS) is 17.8. The molecule has 1 aromatic rings. The van der Waals surface area contributed by atoms with Gasteiger partial charge in [0, 0.05) is 13.1 Å². The van der Waals surface area contributed by atoms with Gasteiger partial charge in [0.15, 0.2) is 4.77 Å². The molecular weight excluding hydrogens is 232 g/mol. The molecule has 0 saturated heterocycles. The number of nitrogens with zero attached hydrogens (tertiary/aromatic N) is 4. The highest BCUT2D eigenvalue weighted by atomic mass is 32.1. The Labute approximate surface area is 108 Å². The summed E-state index contributed by atoms with van der Waals surface area (Å²) in [4.78, 5) is 2.50. The van der Waals surface area contributed by atoms with Gasteiger partial charge in [0.25, 0.3) is 0 Å². The lowest BCUT2D eigenvalue weighted by atomic mass is 9.94. The van der Waals surface area contributed by atoms with Crippen LogP contribution in [0.2, 0.25) is 0 Å². The second-order valence-corrected chi connectivity index (χ2v) is 5.23. The van der Waals surface area contributed by atoms with Gasteiger partial charge < -0.3 is 4.57 Å². The smallest absolute Gasteiger partial charge is 0.198 e. The average molecular weight is 254 g/mol. The molecule has 0 amide bonds. The Morgan fingerprint density at radius 1 is 1.41 bits per heavy atom. The van der Waals surface area contributed by atoms with Gasteiger partial charge in [-0.2, -0.15) is 5.10 Å². The molecule has 0 N–H and O–H groups in total. The van der Waals surface area contributed by atoms with Crippen molar-refractivity contribution in [3.8, 4) is 0 Å². The fourth-order valence-electron chi connectivity index (χ4n) is 2.61. The largest absolute Gasteiger partial charge is 0.310 e. The maximum Gasteiger partial charge on any atom is 0.198 e. The molecule has 1 aliphatic rings. The van der Waals surface area contributed by atoms with Crippen molar-refractivity contribution >= 4 is 12.2 Å². The summed E-state index contributed by atoms with van der Waals surface area (Å²) in [5.41, 5.74) is 0. The number of rotatable bonds is 4. The van der Waals surface area contributed by atoms with E-state index in [4.69, 9.17) is 12.2 Å². The maximum absolute atomic E-state index is 5.33. The molecule has 96 valence electrons. The van der Waals surface area contributed by atoms with Crippen LogP contribution in [0.4, 0.5) is 0 Å². The van der Waals surface area contributed by atoms with Crippen LogP contribution in [-0.4, -0.2) is 31.8 Å². The molecule has 2 rings (SSSR count). The van der Waals surface area contributed by atoms with E-state index in [0.717, 1.165) is 24.0 Å². The second kappa shape index (κ2) is 5.78. The van der Waals surface area contributed by atoms with E-state index in [9.17, 15) is 0 Å². The Hall–Kier alpha value is -0.680. The molecule has 0 unspecified atom stereocenters. The van der Waals surface area contributed by atoms with Crippen LogP contribution in [0, 0.1) is 4.77 Å². The molecule has 1 saturated carbocycles. The lowest BCUT2D eigenvalue weighted by Gasteiger charge is -2.33. The molecule has 0 bridgehead atoms. The van der Waals surface area contributed by atoms with Crippen molar-refractivity contribution in [2.75, 3.05) is 6.54 Å². The third-order valence-electron chi connectivity index (χ3n) is 3.70. The third-order valence-corrected chi connectivity index (χ3v) is 4.20. The second-order valence-electron chi connectivity index (χ2n) is 4.86. The van der Waals surface area contributed by atoms with Gasteiger partial charge >= 0.3 is 0 Å². The molecule has 4 nitrogen and oxygen atoms in total. The first-order valence-electron chi connectivity index (χ1n) is 6.55. The average Bonchev–Trinajstić information content (AvgIpc) is 2.68. The third kappa shape index (κ3) is 2.96. The lowest BCUT2D eigenvalue weighted by molar-refractivity contribution is 0.119. The van der Waals surface area contributed by atoms with E-state index in [0.29, 0.717) is 0 Å². The highest BCUT2D eigenvalue weighted by Gasteiger charge is 2.20. The maximum atomic E-state index is 5.33. The van der Waals surface area contributed by atoms with Crippen molar-refractivity contribution in [1.29, 1.82) is 0 Å². The Bertz CT molecular complexity index is 403. The molecule has 17 heavy (non-hydrogen) atoms. The van der Waals surface area contributed by atoms with Crippen LogP contribution in [0.5, 0.6) is 0 Å². The van der Waals surface area contributed by atoms with E-state index in [2.05, 4.69) is 16.9 Å². The number of hydrogen-bond acceptors (Lipinski definition) is 3. The standard InChI is InChI=1S/C12H22N4S/c1-3-15(11-7-5-4-6-8-11)10-16-12(17)14(2)9-13-16/h9,11H,3-8,10H2,1-2H3. The van der Waals surface area contributed by atoms with Gasteiger partial charge in [-0.25, -0.2) is 4.68 Å². The van der Waals surface area contributed by atoms with Gasteiger partial charge in [-0.15, -0.1) is 0 Å². The van der Waals surface area contributed by atoms with Crippen LogP contribution < -0.4 is 0 Å². The lowest BCUT2D eigenvalue weighted by Crippen LogP contribution is -2.38. The summed E-state index contributed by atoms with van der Waals surface area (Å²) < 4.78 is 4.62. The number of aryl methyl sites for hydroxylation is 1. The van der Waals surface area contributed by atoms with Crippen LogP contribution in [0.15, 0.2) is 6.33 Å². The molecule has 0 aliphatic heterocycles. The van der Waals surface area contributed by atoms with Gasteiger partial charge in [-0.05, 0) is 31.6 Å². The van der Waals surface area contributed by atoms with E-state index in [1.165, 1.54) is 32.1 Å². The van der Waals surface area contributed by atoms with Crippen LogP contribution >= 0.6 is 12.2 Å². The molecule has 1 heterocycles. The van der Waals surface area contributed by atoms with E-state index < -0.39 is 0 Å². The van der Waals surface area contributed by atoms with Crippen molar-refractivity contribution in [1.82, 2.24) is 19.2 Å². The van der Waals surface area contributed by atoms with Crippen LogP contribution in [0.25, 0.3) is 0 Å². The fourth-order valence-corrected chi connectivity index (χ4v) is 2.76. The topological polar surface area (TPSA) is 26.0 Å². The van der Waals surface area contributed by atoms with Crippen LogP contribution in [0.1, 0.15) is 39.0 Å². The predicted octanol–water partition coefficient (Wildman–Crippen LogP) is 2.56. The van der Waals surface area contributed by atoms with E-state index in [1.807, 2.05) is 16.3 Å². The molecule has 0 spiro atoms. The van der Waals surface area contributed by atoms with Crippen LogP contribution in [0.3, 0.4) is 0 Å². The summed E-state index contributed by atoms with van der Waals surface area (Å²) >= 11 is 5.33. The fraction of sp³-hybridized carbons (Fsp3) is 0.833. The van der Waals surface area contributed by atoms with E-state index in [1.54, 1.807) is 6.33 Å². The first-order chi connectivity index (χ1) is 8.22. The zero-order valence-corrected chi connectivity index (χ0v) is 11.6. The SMILES string of the molecule is CCN(Cn1ncn(C)c1=S)C1CCCCC1. The van der Waals surface area contributed by atoms with Gasteiger partial charge in [0.05, 0.1) is 6.67 Å². The van der Waals surface area contributed by atoms with Gasteiger partial charge in [0.1, 0.15) is 6.33 Å². The summed E-state index contributed by atoms with van der Waals surface area (Å²) in [5.74, 6) is 0. The first-order valence-corrected chi connectivity index (χ1v) is 6.95. The minimum Gasteiger partial charge on any atom is -0.310 e. The summed E-state index contributed by atoms with van der Waals surface area (Å²) in [5, 5.41) is 4.33. The molecule has 0 aromatic carbocycles. The summed E-state index contributed by atoms with van der Waals surface area (Å²) in [6.07, 6.45) is 8.58. The Morgan fingerprint density at radius 2 is 2.12 bits per heavy atom. The van der Waals surface area contributed by atoms with Crippen molar-refractivity contribution in [3.63, 3.8) is 0 Å². The van der Waals surface area contributed by atoms with Crippen molar-refractivity contribution in [2.45, 2.75) is 51.7 Å². The summed E-state index contributed by atoms with van der Waals surface area (Å²) in [7, 11) is 1.95. The minimum atomic E-state index is 0.720. The minimum absolute atomic E-state index is 0.720. The highest BCUT2D eigenvalue weighted by molar-refractivity contribution is 7.71. The first kappa shape index (κ1) is 12.8. The molecular formula is C12H22N4S. The monoisotopic (exact) mass is 254 g/mol. The van der Waals surface area contributed by atoms with Gasteiger partial charge in [-0.1, -0.05) is 26.2 Å². The Balaban J connectivity index is 2.04. The molecule has 1 aliphatic carbocycles. The van der Waals surface area contributed by atoms with E-state index >= 15 is 0 Å². The number of aromatic nitrogens is 3. The Morgan fingerprint density at radius 3 is 2.65 bits per heavy atom. The number of hydrogen-bond donors (Lipinski definition) is 0.